The van der Waals surface area contributed by atoms with Crippen LogP contribution in [-0.2, 0) is 0 Å². The molecule has 0 heterocycles. The summed E-state index contributed by atoms with van der Waals surface area (Å²) in [5, 5.41) is 11.9. The Bertz CT molecular complexity index is 431. The summed E-state index contributed by atoms with van der Waals surface area (Å²) in [6.07, 6.45) is 3.02. The van der Waals surface area contributed by atoms with Crippen LogP contribution in [0.5, 0.6) is 0 Å². The minimum atomic E-state index is -0.403. The Morgan fingerprint density at radius 1 is 1.59 bits per heavy atom. The van der Waals surface area contributed by atoms with Crippen LogP contribution in [0.15, 0.2) is 16.6 Å². The van der Waals surface area contributed by atoms with Crippen LogP contribution in [0.25, 0.3) is 0 Å². The smallest absolute Gasteiger partial charge is 0.161 e. The molecule has 0 saturated heterocycles. The van der Waals surface area contributed by atoms with Gasteiger partial charge in [0.2, 0.25) is 0 Å². The van der Waals surface area contributed by atoms with E-state index in [4.69, 9.17) is 5.26 Å². The maximum atomic E-state index is 13.9. The number of thioether (sulfide) groups is 1. The van der Waals surface area contributed by atoms with E-state index in [9.17, 15) is 4.39 Å². The number of nitrogens with one attached hydrogen (secondary N) is 1. The largest absolute Gasteiger partial charge is 0.380 e. The highest BCUT2D eigenvalue weighted by Gasteiger charge is 2.12. The van der Waals surface area contributed by atoms with E-state index in [1.807, 2.05) is 19.2 Å². The van der Waals surface area contributed by atoms with E-state index >= 15 is 0 Å². The zero-order valence-electron chi connectivity index (χ0n) is 9.76. The number of rotatable bonds is 5. The van der Waals surface area contributed by atoms with Crippen molar-refractivity contribution in [1.82, 2.24) is 0 Å². The molecule has 0 aromatic heterocycles. The van der Waals surface area contributed by atoms with Gasteiger partial charge in [-0.25, -0.2) is 4.39 Å². The summed E-state index contributed by atoms with van der Waals surface area (Å²) in [6.45, 7) is 2.02. The zero-order valence-corrected chi connectivity index (χ0v) is 12.2. The van der Waals surface area contributed by atoms with Gasteiger partial charge in [0, 0.05) is 6.04 Å². The van der Waals surface area contributed by atoms with Crippen molar-refractivity contribution < 1.29 is 4.39 Å². The highest BCUT2D eigenvalue weighted by molar-refractivity contribution is 9.10. The molecule has 0 aliphatic carbocycles. The molecule has 1 N–H and O–H groups in total. The van der Waals surface area contributed by atoms with Crippen LogP contribution >= 0.6 is 27.7 Å². The van der Waals surface area contributed by atoms with Crippen LogP contribution < -0.4 is 5.32 Å². The van der Waals surface area contributed by atoms with Crippen LogP contribution in [0.2, 0.25) is 0 Å². The summed E-state index contributed by atoms with van der Waals surface area (Å²) in [7, 11) is 0. The van der Waals surface area contributed by atoms with Gasteiger partial charge in [0.1, 0.15) is 6.07 Å². The van der Waals surface area contributed by atoms with Gasteiger partial charge in [-0.3, -0.25) is 0 Å². The van der Waals surface area contributed by atoms with Crippen LogP contribution in [0, 0.1) is 17.1 Å². The summed E-state index contributed by atoms with van der Waals surface area (Å²) in [5.41, 5.74) is 0.745. The number of nitrogens with zero attached hydrogens (tertiary/aromatic N) is 1. The lowest BCUT2D eigenvalue weighted by atomic mass is 10.2. The molecule has 2 nitrogen and oxygen atoms in total. The van der Waals surface area contributed by atoms with Crippen molar-refractivity contribution in [1.29, 1.82) is 5.26 Å². The van der Waals surface area contributed by atoms with Crippen molar-refractivity contribution in [2.45, 2.75) is 19.4 Å². The Morgan fingerprint density at radius 2 is 2.29 bits per heavy atom. The van der Waals surface area contributed by atoms with E-state index in [0.717, 1.165) is 12.2 Å². The zero-order chi connectivity index (χ0) is 12.8. The molecule has 0 bridgehead atoms. The van der Waals surface area contributed by atoms with Crippen molar-refractivity contribution in [2.75, 3.05) is 17.3 Å². The van der Waals surface area contributed by atoms with E-state index in [-0.39, 0.29) is 10.5 Å². The number of benzene rings is 1. The van der Waals surface area contributed by atoms with Crippen LogP contribution in [0.1, 0.15) is 18.9 Å². The van der Waals surface area contributed by atoms with E-state index in [1.54, 1.807) is 23.9 Å². The maximum absolute atomic E-state index is 13.9. The fraction of sp³-hybridized carbons (Fsp3) is 0.417. The number of hydrogen-bond donors (Lipinski definition) is 1. The van der Waals surface area contributed by atoms with Gasteiger partial charge in [0.15, 0.2) is 5.82 Å². The molecule has 1 unspecified atom stereocenters. The summed E-state index contributed by atoms with van der Waals surface area (Å²) >= 11 is 4.86. The Hall–Kier alpha value is -0.730. The molecule has 1 aromatic rings. The third kappa shape index (κ3) is 3.90. The molecule has 0 spiro atoms. The van der Waals surface area contributed by atoms with E-state index in [2.05, 4.69) is 21.2 Å². The Labute approximate surface area is 114 Å². The lowest BCUT2D eigenvalue weighted by molar-refractivity contribution is 0.618. The van der Waals surface area contributed by atoms with Crippen molar-refractivity contribution in [2.24, 2.45) is 0 Å². The van der Waals surface area contributed by atoms with Gasteiger partial charge in [-0.1, -0.05) is 0 Å². The number of hydrogen-bond acceptors (Lipinski definition) is 3. The van der Waals surface area contributed by atoms with Crippen LogP contribution in [0.4, 0.5) is 10.1 Å². The first-order valence-electron chi connectivity index (χ1n) is 5.23. The van der Waals surface area contributed by atoms with E-state index in [1.165, 1.54) is 0 Å². The fourth-order valence-electron chi connectivity index (χ4n) is 1.38. The number of anilines is 1. The molecule has 0 aliphatic heterocycles. The minimum Gasteiger partial charge on any atom is -0.380 e. The molecule has 5 heteroatoms. The predicted molar refractivity (Wildman–Crippen MR) is 74.9 cm³/mol. The standard InChI is InChI=1S/C12H14BrFN2S/c1-8(5-6-17-2)16-10-4-3-9(7-15)11(13)12(10)14/h3-4,8,16H,5-6H2,1-2H3. The molecular weight excluding hydrogens is 303 g/mol. The van der Waals surface area contributed by atoms with Gasteiger partial charge < -0.3 is 5.32 Å². The monoisotopic (exact) mass is 316 g/mol. The molecule has 17 heavy (non-hydrogen) atoms. The first-order valence-corrected chi connectivity index (χ1v) is 7.42. The van der Waals surface area contributed by atoms with Crippen molar-refractivity contribution in [3.05, 3.63) is 28.0 Å². The maximum Gasteiger partial charge on any atom is 0.161 e. The van der Waals surface area contributed by atoms with Gasteiger partial charge in [0.05, 0.1) is 15.7 Å². The van der Waals surface area contributed by atoms with Crippen LogP contribution in [0.3, 0.4) is 0 Å². The summed E-state index contributed by atoms with van der Waals surface area (Å²) in [5.74, 6) is 0.632. The minimum absolute atomic E-state index is 0.205. The van der Waals surface area contributed by atoms with E-state index < -0.39 is 5.82 Å². The predicted octanol–water partition coefficient (Wildman–Crippen LogP) is 4.01. The molecule has 1 rings (SSSR count). The Balaban J connectivity index is 2.79. The Morgan fingerprint density at radius 3 is 2.88 bits per heavy atom. The molecule has 0 radical (unpaired) electrons. The van der Waals surface area contributed by atoms with Gasteiger partial charge in [0.25, 0.3) is 0 Å². The SMILES string of the molecule is CSCCC(C)Nc1ccc(C#N)c(Br)c1F. The highest BCUT2D eigenvalue weighted by atomic mass is 79.9. The molecule has 0 saturated carbocycles. The highest BCUT2D eigenvalue weighted by Crippen LogP contribution is 2.27. The summed E-state index contributed by atoms with van der Waals surface area (Å²) < 4.78 is 14.1. The number of nitriles is 1. The normalized spacial score (nSPS) is 11.9. The van der Waals surface area contributed by atoms with E-state index in [0.29, 0.717) is 11.3 Å². The summed E-state index contributed by atoms with van der Waals surface area (Å²) in [4.78, 5) is 0. The van der Waals surface area contributed by atoms with Crippen molar-refractivity contribution >= 4 is 33.4 Å². The molecule has 0 fully saturated rings. The summed E-state index contributed by atoms with van der Waals surface area (Å²) in [6, 6.07) is 5.35. The lowest BCUT2D eigenvalue weighted by Gasteiger charge is -2.16. The molecular formula is C12H14BrFN2S. The second-order valence-electron chi connectivity index (χ2n) is 3.73. The second-order valence-corrected chi connectivity index (χ2v) is 5.51. The molecule has 0 aliphatic rings. The molecule has 1 aromatic carbocycles. The van der Waals surface area contributed by atoms with Crippen molar-refractivity contribution in [3.63, 3.8) is 0 Å². The third-order valence-corrected chi connectivity index (χ3v) is 3.78. The first kappa shape index (κ1) is 14.3. The molecule has 92 valence electrons. The second kappa shape index (κ2) is 6.87. The average Bonchev–Trinajstić information content (AvgIpc) is 2.33. The van der Waals surface area contributed by atoms with Crippen molar-refractivity contribution in [3.8, 4) is 6.07 Å². The van der Waals surface area contributed by atoms with Gasteiger partial charge >= 0.3 is 0 Å². The molecule has 0 amide bonds. The average molecular weight is 317 g/mol. The third-order valence-electron chi connectivity index (χ3n) is 2.36. The molecule has 1 atom stereocenters. The number of halogens is 2. The van der Waals surface area contributed by atoms with Gasteiger partial charge in [-0.2, -0.15) is 17.0 Å². The van der Waals surface area contributed by atoms with Gasteiger partial charge in [-0.15, -0.1) is 0 Å². The van der Waals surface area contributed by atoms with Crippen LogP contribution in [-0.4, -0.2) is 18.1 Å². The topological polar surface area (TPSA) is 35.8 Å². The quantitative estimate of drug-likeness (QED) is 0.891. The first-order chi connectivity index (χ1) is 8.10. The van der Waals surface area contributed by atoms with Gasteiger partial charge in [-0.05, 0) is 53.4 Å². The lowest BCUT2D eigenvalue weighted by Crippen LogP contribution is -2.17. The fourth-order valence-corrected chi connectivity index (χ4v) is 2.40. The Kier molecular flexibility index (Phi) is 5.79.